The van der Waals surface area contributed by atoms with Crippen LogP contribution in [0.1, 0.15) is 12.5 Å². The molecule has 1 heterocycles. The van der Waals surface area contributed by atoms with Crippen LogP contribution in [0, 0.1) is 0 Å². The van der Waals surface area contributed by atoms with Gasteiger partial charge in [0.25, 0.3) is 0 Å². The molecular weight excluding hydrogens is 224 g/mol. The summed E-state index contributed by atoms with van der Waals surface area (Å²) in [4.78, 5) is 0.413. The maximum atomic E-state index is 12.0. The van der Waals surface area contributed by atoms with Gasteiger partial charge in [0.15, 0.2) is 9.84 Å². The molecule has 0 fully saturated rings. The summed E-state index contributed by atoms with van der Waals surface area (Å²) in [5.74, 6) is 0.0870. The third-order valence-electron chi connectivity index (χ3n) is 2.88. The van der Waals surface area contributed by atoms with E-state index in [1.54, 1.807) is 12.1 Å². The van der Waals surface area contributed by atoms with Crippen LogP contribution in [0.4, 0.5) is 5.69 Å². The number of hydrogen-bond acceptors (Lipinski definition) is 4. The molecule has 0 saturated carbocycles. The van der Waals surface area contributed by atoms with Gasteiger partial charge in [-0.3, -0.25) is 0 Å². The van der Waals surface area contributed by atoms with Crippen molar-refractivity contribution in [3.05, 3.63) is 23.8 Å². The van der Waals surface area contributed by atoms with E-state index in [2.05, 4.69) is 5.32 Å². The van der Waals surface area contributed by atoms with Crippen molar-refractivity contribution in [3.8, 4) is 0 Å². The normalized spacial score (nSPS) is 22.2. The SMILES string of the molecule is CCc1cccc2c1NC(CN)CS2(=O)=O. The lowest BCUT2D eigenvalue weighted by molar-refractivity contribution is 0.585. The second-order valence-corrected chi connectivity index (χ2v) is 6.00. The fourth-order valence-electron chi connectivity index (χ4n) is 2.02. The molecule has 1 aliphatic heterocycles. The molecule has 1 aromatic carbocycles. The highest BCUT2D eigenvalue weighted by atomic mass is 32.2. The van der Waals surface area contributed by atoms with Crippen LogP contribution in [0.3, 0.4) is 0 Å². The Kier molecular flexibility index (Phi) is 2.90. The predicted molar refractivity (Wildman–Crippen MR) is 64.3 cm³/mol. The number of nitrogens with two attached hydrogens (primary N) is 1. The minimum absolute atomic E-state index is 0.0870. The van der Waals surface area contributed by atoms with Crippen molar-refractivity contribution >= 4 is 15.5 Å². The van der Waals surface area contributed by atoms with Gasteiger partial charge in [-0.15, -0.1) is 0 Å². The Morgan fingerprint density at radius 1 is 1.50 bits per heavy atom. The van der Waals surface area contributed by atoms with Gasteiger partial charge in [0.05, 0.1) is 22.4 Å². The van der Waals surface area contributed by atoms with Crippen LogP contribution >= 0.6 is 0 Å². The third-order valence-corrected chi connectivity index (χ3v) is 4.73. The van der Waals surface area contributed by atoms with E-state index in [4.69, 9.17) is 5.73 Å². The topological polar surface area (TPSA) is 72.2 Å². The molecule has 0 saturated heterocycles. The van der Waals surface area contributed by atoms with Crippen molar-refractivity contribution in [2.75, 3.05) is 17.6 Å². The minimum atomic E-state index is -3.18. The Bertz CT molecular complexity index is 497. The third kappa shape index (κ3) is 1.81. The maximum Gasteiger partial charge on any atom is 0.182 e. The monoisotopic (exact) mass is 240 g/mol. The first-order valence-electron chi connectivity index (χ1n) is 5.39. The molecular formula is C11H16N2O2S. The van der Waals surface area contributed by atoms with Crippen molar-refractivity contribution in [2.24, 2.45) is 5.73 Å². The first kappa shape index (κ1) is 11.4. The Labute approximate surface area is 95.8 Å². The van der Waals surface area contributed by atoms with E-state index in [9.17, 15) is 8.42 Å². The van der Waals surface area contributed by atoms with Crippen molar-refractivity contribution in [3.63, 3.8) is 0 Å². The Morgan fingerprint density at radius 2 is 2.25 bits per heavy atom. The van der Waals surface area contributed by atoms with Gasteiger partial charge in [-0.05, 0) is 18.1 Å². The highest BCUT2D eigenvalue weighted by molar-refractivity contribution is 7.91. The number of aryl methyl sites for hydroxylation is 1. The van der Waals surface area contributed by atoms with Gasteiger partial charge in [0.2, 0.25) is 0 Å². The van der Waals surface area contributed by atoms with Crippen molar-refractivity contribution in [1.29, 1.82) is 0 Å². The number of benzene rings is 1. The fraction of sp³-hybridized carbons (Fsp3) is 0.455. The molecule has 88 valence electrons. The number of rotatable bonds is 2. The van der Waals surface area contributed by atoms with Gasteiger partial charge >= 0.3 is 0 Å². The van der Waals surface area contributed by atoms with E-state index < -0.39 is 9.84 Å². The zero-order valence-electron chi connectivity index (χ0n) is 9.23. The van der Waals surface area contributed by atoms with Gasteiger partial charge in [-0.2, -0.15) is 0 Å². The highest BCUT2D eigenvalue weighted by Crippen LogP contribution is 2.31. The van der Waals surface area contributed by atoms with Crippen LogP contribution in [-0.2, 0) is 16.3 Å². The molecule has 1 aromatic rings. The van der Waals surface area contributed by atoms with Gasteiger partial charge in [-0.25, -0.2) is 8.42 Å². The summed E-state index contributed by atoms with van der Waals surface area (Å²) in [6.07, 6.45) is 0.809. The molecule has 0 amide bonds. The highest BCUT2D eigenvalue weighted by Gasteiger charge is 2.30. The molecule has 3 N–H and O–H groups in total. The number of fused-ring (bicyclic) bond motifs is 1. The zero-order valence-corrected chi connectivity index (χ0v) is 10.0. The van der Waals surface area contributed by atoms with Gasteiger partial charge in [-0.1, -0.05) is 19.1 Å². The average molecular weight is 240 g/mol. The summed E-state index contributed by atoms with van der Waals surface area (Å²) in [5, 5.41) is 3.22. The summed E-state index contributed by atoms with van der Waals surface area (Å²) < 4.78 is 24.0. The smallest absolute Gasteiger partial charge is 0.182 e. The molecule has 16 heavy (non-hydrogen) atoms. The molecule has 5 heteroatoms. The number of para-hydroxylation sites is 1. The van der Waals surface area contributed by atoms with Crippen LogP contribution in [0.2, 0.25) is 0 Å². The maximum absolute atomic E-state index is 12.0. The number of hydrogen-bond donors (Lipinski definition) is 2. The minimum Gasteiger partial charge on any atom is -0.379 e. The lowest BCUT2D eigenvalue weighted by Crippen LogP contribution is -2.40. The first-order chi connectivity index (χ1) is 7.58. The quantitative estimate of drug-likeness (QED) is 0.801. The summed E-state index contributed by atoms with van der Waals surface area (Å²) in [6.45, 7) is 2.34. The van der Waals surface area contributed by atoms with E-state index in [-0.39, 0.29) is 11.8 Å². The van der Waals surface area contributed by atoms with Crippen molar-refractivity contribution in [1.82, 2.24) is 0 Å². The van der Waals surface area contributed by atoms with Crippen molar-refractivity contribution < 1.29 is 8.42 Å². The fourth-order valence-corrected chi connectivity index (χ4v) is 3.74. The predicted octanol–water partition coefficient (Wildman–Crippen LogP) is 0.776. The Hall–Kier alpha value is -1.07. The zero-order chi connectivity index (χ0) is 11.8. The number of sulfone groups is 1. The summed E-state index contributed by atoms with van der Waals surface area (Å²) in [5.41, 5.74) is 7.32. The van der Waals surface area contributed by atoms with E-state index in [1.807, 2.05) is 13.0 Å². The van der Waals surface area contributed by atoms with Crippen molar-refractivity contribution in [2.45, 2.75) is 24.3 Å². The molecule has 1 atom stereocenters. The average Bonchev–Trinajstić information content (AvgIpc) is 2.27. The molecule has 0 aliphatic carbocycles. The van der Waals surface area contributed by atoms with Crippen LogP contribution < -0.4 is 11.1 Å². The van der Waals surface area contributed by atoms with Crippen LogP contribution in [0.25, 0.3) is 0 Å². The summed E-state index contributed by atoms with van der Waals surface area (Å²) >= 11 is 0. The van der Waals surface area contributed by atoms with Gasteiger partial charge in [0, 0.05) is 6.54 Å². The molecule has 1 unspecified atom stereocenters. The standard InChI is InChI=1S/C11H16N2O2S/c1-2-8-4-3-5-10-11(8)13-9(6-12)7-16(10,14)15/h3-5,9,13H,2,6-7,12H2,1H3. The van der Waals surface area contributed by atoms with Gasteiger partial charge in [0.1, 0.15) is 0 Å². The number of anilines is 1. The number of nitrogens with one attached hydrogen (secondary N) is 1. The summed E-state index contributed by atoms with van der Waals surface area (Å²) in [7, 11) is -3.18. The van der Waals surface area contributed by atoms with E-state index in [0.717, 1.165) is 17.7 Å². The lowest BCUT2D eigenvalue weighted by Gasteiger charge is -2.27. The summed E-state index contributed by atoms with van der Waals surface area (Å²) in [6, 6.07) is 5.22. The van der Waals surface area contributed by atoms with Crippen LogP contribution in [0.15, 0.2) is 23.1 Å². The molecule has 0 aromatic heterocycles. The van der Waals surface area contributed by atoms with E-state index in [0.29, 0.717) is 11.4 Å². The van der Waals surface area contributed by atoms with Crippen LogP contribution in [0.5, 0.6) is 0 Å². The van der Waals surface area contributed by atoms with E-state index in [1.165, 1.54) is 0 Å². The van der Waals surface area contributed by atoms with E-state index >= 15 is 0 Å². The lowest BCUT2D eigenvalue weighted by atomic mass is 10.1. The second-order valence-electron chi connectivity index (χ2n) is 4.00. The molecule has 2 rings (SSSR count). The van der Waals surface area contributed by atoms with Crippen LogP contribution in [-0.4, -0.2) is 26.8 Å². The first-order valence-corrected chi connectivity index (χ1v) is 7.05. The molecule has 4 nitrogen and oxygen atoms in total. The molecule has 0 spiro atoms. The molecule has 0 bridgehead atoms. The second kappa shape index (κ2) is 4.07. The Morgan fingerprint density at radius 3 is 2.88 bits per heavy atom. The largest absolute Gasteiger partial charge is 0.379 e. The molecule has 1 aliphatic rings. The molecule has 0 radical (unpaired) electrons. The van der Waals surface area contributed by atoms with Gasteiger partial charge < -0.3 is 11.1 Å². The Balaban J connectivity index is 2.59.